The van der Waals surface area contributed by atoms with Gasteiger partial charge in [0.2, 0.25) is 5.91 Å². The number of carbonyl (C=O) groups is 3. The zero-order chi connectivity index (χ0) is 20.8. The summed E-state index contributed by atoms with van der Waals surface area (Å²) < 4.78 is 0. The number of nitrogens with zero attached hydrogens (tertiary/aromatic N) is 2. The van der Waals surface area contributed by atoms with Crippen LogP contribution < -0.4 is 0 Å². The average molecular weight is 392 g/mol. The van der Waals surface area contributed by atoms with Crippen LogP contribution in [-0.4, -0.2) is 53.6 Å². The van der Waals surface area contributed by atoms with Crippen LogP contribution >= 0.6 is 0 Å². The van der Waals surface area contributed by atoms with E-state index in [9.17, 15) is 14.4 Å². The van der Waals surface area contributed by atoms with Crippen molar-refractivity contribution in [1.29, 1.82) is 0 Å². The number of aryl methyl sites for hydroxylation is 2. The van der Waals surface area contributed by atoms with Crippen molar-refractivity contribution in [2.45, 2.75) is 33.1 Å². The highest BCUT2D eigenvalue weighted by Gasteiger charge is 2.23. The van der Waals surface area contributed by atoms with Crippen LogP contribution in [0.1, 0.15) is 51.1 Å². The molecule has 0 bridgehead atoms. The van der Waals surface area contributed by atoms with Crippen LogP contribution in [0, 0.1) is 13.8 Å². The second-order valence-electron chi connectivity index (χ2n) is 7.69. The Hall–Kier alpha value is -2.95. The monoisotopic (exact) mass is 392 g/mol. The Morgan fingerprint density at radius 2 is 1.45 bits per heavy atom. The smallest absolute Gasteiger partial charge is 0.253 e. The normalized spacial score (nSPS) is 14.4. The number of ketones is 1. The SMILES string of the molecule is Cc1ccc(C(=O)CCC(=O)N2CCCN(C(=O)c3cccc(C)c3)CC2)cc1. The summed E-state index contributed by atoms with van der Waals surface area (Å²) in [6.45, 7) is 6.23. The first kappa shape index (κ1) is 20.8. The maximum atomic E-state index is 12.8. The Balaban J connectivity index is 1.52. The van der Waals surface area contributed by atoms with Gasteiger partial charge in [-0.3, -0.25) is 14.4 Å². The molecule has 3 rings (SSSR count). The summed E-state index contributed by atoms with van der Waals surface area (Å²) in [4.78, 5) is 41.3. The number of hydrogen-bond donors (Lipinski definition) is 0. The molecule has 2 aromatic carbocycles. The van der Waals surface area contributed by atoms with E-state index in [0.29, 0.717) is 37.3 Å². The van der Waals surface area contributed by atoms with Gasteiger partial charge in [-0.05, 0) is 32.4 Å². The van der Waals surface area contributed by atoms with Gasteiger partial charge in [0, 0.05) is 50.1 Å². The van der Waals surface area contributed by atoms with Gasteiger partial charge >= 0.3 is 0 Å². The summed E-state index contributed by atoms with van der Waals surface area (Å²) >= 11 is 0. The van der Waals surface area contributed by atoms with Crippen LogP contribution in [0.5, 0.6) is 0 Å². The van der Waals surface area contributed by atoms with Crippen LogP contribution in [0.3, 0.4) is 0 Å². The average Bonchev–Trinajstić information content (AvgIpc) is 2.98. The molecule has 5 heteroatoms. The molecule has 0 unspecified atom stereocenters. The molecular weight excluding hydrogens is 364 g/mol. The molecule has 1 heterocycles. The lowest BCUT2D eigenvalue weighted by molar-refractivity contribution is -0.131. The highest BCUT2D eigenvalue weighted by atomic mass is 16.2. The lowest BCUT2D eigenvalue weighted by Gasteiger charge is -2.22. The van der Waals surface area contributed by atoms with Crippen molar-refractivity contribution in [1.82, 2.24) is 9.80 Å². The lowest BCUT2D eigenvalue weighted by atomic mass is 10.0. The van der Waals surface area contributed by atoms with E-state index in [1.807, 2.05) is 67.3 Å². The zero-order valence-corrected chi connectivity index (χ0v) is 17.2. The van der Waals surface area contributed by atoms with Crippen molar-refractivity contribution in [3.05, 3.63) is 70.8 Å². The molecule has 2 amide bonds. The lowest BCUT2D eigenvalue weighted by Crippen LogP contribution is -2.37. The van der Waals surface area contributed by atoms with Gasteiger partial charge in [0.25, 0.3) is 5.91 Å². The van der Waals surface area contributed by atoms with E-state index < -0.39 is 0 Å². The Kier molecular flexibility index (Phi) is 6.81. The maximum Gasteiger partial charge on any atom is 0.253 e. The molecule has 1 aliphatic heterocycles. The maximum absolute atomic E-state index is 12.8. The van der Waals surface area contributed by atoms with Crippen LogP contribution in [0.15, 0.2) is 48.5 Å². The molecule has 1 fully saturated rings. The summed E-state index contributed by atoms with van der Waals surface area (Å²) in [6.07, 6.45) is 1.16. The number of rotatable bonds is 5. The fraction of sp³-hybridized carbons (Fsp3) is 0.375. The fourth-order valence-corrected chi connectivity index (χ4v) is 3.59. The third kappa shape index (κ3) is 5.53. The number of benzene rings is 2. The molecule has 1 aliphatic rings. The number of hydrogen-bond acceptors (Lipinski definition) is 3. The molecule has 0 saturated carbocycles. The molecule has 2 aromatic rings. The first-order chi connectivity index (χ1) is 13.9. The Bertz CT molecular complexity index is 889. The zero-order valence-electron chi connectivity index (χ0n) is 17.2. The molecule has 0 radical (unpaired) electrons. The molecule has 5 nitrogen and oxygen atoms in total. The quantitative estimate of drug-likeness (QED) is 0.730. The second-order valence-corrected chi connectivity index (χ2v) is 7.69. The highest BCUT2D eigenvalue weighted by molar-refractivity contribution is 5.98. The van der Waals surface area contributed by atoms with Crippen molar-refractivity contribution in [2.75, 3.05) is 26.2 Å². The fourth-order valence-electron chi connectivity index (χ4n) is 3.59. The van der Waals surface area contributed by atoms with E-state index in [1.54, 1.807) is 4.90 Å². The van der Waals surface area contributed by atoms with Crippen LogP contribution in [-0.2, 0) is 4.79 Å². The van der Waals surface area contributed by atoms with E-state index in [0.717, 1.165) is 17.5 Å². The standard InChI is InChI=1S/C24H28N2O3/c1-18-7-9-20(10-8-18)22(27)11-12-23(28)25-13-4-14-26(16-15-25)24(29)21-6-3-5-19(2)17-21/h3,5-10,17H,4,11-16H2,1-2H3. The summed E-state index contributed by atoms with van der Waals surface area (Å²) in [5.74, 6) is -0.0164. The third-order valence-corrected chi connectivity index (χ3v) is 5.34. The van der Waals surface area contributed by atoms with E-state index in [-0.39, 0.29) is 30.4 Å². The van der Waals surface area contributed by atoms with Crippen molar-refractivity contribution in [3.63, 3.8) is 0 Å². The van der Waals surface area contributed by atoms with Gasteiger partial charge in [-0.25, -0.2) is 0 Å². The summed E-state index contributed by atoms with van der Waals surface area (Å²) in [5, 5.41) is 0. The van der Waals surface area contributed by atoms with Crippen molar-refractivity contribution in [2.24, 2.45) is 0 Å². The first-order valence-corrected chi connectivity index (χ1v) is 10.2. The van der Waals surface area contributed by atoms with E-state index in [4.69, 9.17) is 0 Å². The van der Waals surface area contributed by atoms with E-state index in [1.165, 1.54) is 0 Å². The Labute approximate surface area is 172 Å². The van der Waals surface area contributed by atoms with Gasteiger partial charge in [0.05, 0.1) is 0 Å². The topological polar surface area (TPSA) is 57.7 Å². The van der Waals surface area contributed by atoms with E-state index in [2.05, 4.69) is 0 Å². The Morgan fingerprint density at radius 1 is 0.759 bits per heavy atom. The highest BCUT2D eigenvalue weighted by Crippen LogP contribution is 2.13. The van der Waals surface area contributed by atoms with Crippen LogP contribution in [0.4, 0.5) is 0 Å². The molecule has 0 aromatic heterocycles. The van der Waals surface area contributed by atoms with Gasteiger partial charge in [0.15, 0.2) is 5.78 Å². The molecule has 0 atom stereocenters. The predicted octanol–water partition coefficient (Wildman–Crippen LogP) is 3.64. The van der Waals surface area contributed by atoms with Gasteiger partial charge in [-0.2, -0.15) is 0 Å². The van der Waals surface area contributed by atoms with Crippen LogP contribution in [0.2, 0.25) is 0 Å². The van der Waals surface area contributed by atoms with Gasteiger partial charge in [-0.15, -0.1) is 0 Å². The molecule has 29 heavy (non-hydrogen) atoms. The Morgan fingerprint density at radius 3 is 2.17 bits per heavy atom. The first-order valence-electron chi connectivity index (χ1n) is 10.2. The minimum atomic E-state index is -0.0182. The minimum absolute atomic E-state index is 0.00979. The predicted molar refractivity (Wildman–Crippen MR) is 113 cm³/mol. The molecular formula is C24H28N2O3. The number of amides is 2. The molecule has 152 valence electrons. The van der Waals surface area contributed by atoms with Crippen molar-refractivity contribution >= 4 is 17.6 Å². The molecule has 0 aliphatic carbocycles. The van der Waals surface area contributed by atoms with Crippen molar-refractivity contribution in [3.8, 4) is 0 Å². The van der Waals surface area contributed by atoms with Crippen molar-refractivity contribution < 1.29 is 14.4 Å². The summed E-state index contributed by atoms with van der Waals surface area (Å²) in [7, 11) is 0. The number of carbonyl (C=O) groups excluding carboxylic acids is 3. The van der Waals surface area contributed by atoms with E-state index >= 15 is 0 Å². The molecule has 0 N–H and O–H groups in total. The number of Topliss-reactive ketones (excluding diaryl/α,β-unsaturated/α-hetero) is 1. The molecule has 1 saturated heterocycles. The third-order valence-electron chi connectivity index (χ3n) is 5.34. The second kappa shape index (κ2) is 9.50. The largest absolute Gasteiger partial charge is 0.341 e. The van der Waals surface area contributed by atoms with Gasteiger partial charge in [0.1, 0.15) is 0 Å². The van der Waals surface area contributed by atoms with Gasteiger partial charge < -0.3 is 9.80 Å². The molecule has 0 spiro atoms. The van der Waals surface area contributed by atoms with Crippen LogP contribution in [0.25, 0.3) is 0 Å². The summed E-state index contributed by atoms with van der Waals surface area (Å²) in [6, 6.07) is 15.0. The minimum Gasteiger partial charge on any atom is -0.341 e. The summed E-state index contributed by atoms with van der Waals surface area (Å²) in [5.41, 5.74) is 3.50. The van der Waals surface area contributed by atoms with Gasteiger partial charge in [-0.1, -0.05) is 47.5 Å².